The first kappa shape index (κ1) is 32.0. The Bertz CT molecular complexity index is 1320. The van der Waals surface area contributed by atoms with Gasteiger partial charge in [-0.3, -0.25) is 10.1 Å². The summed E-state index contributed by atoms with van der Waals surface area (Å²) in [6, 6.07) is 6.86. The number of carboxylic acid groups (broad SMARTS) is 1. The van der Waals surface area contributed by atoms with Crippen molar-refractivity contribution in [2.75, 3.05) is 26.8 Å². The molecule has 1 aliphatic rings. The fraction of sp³-hybridized carbons (Fsp3) is 0.429. The number of ether oxygens (including phenoxy) is 1. The number of halogens is 2. The number of aliphatic carboxylic acids is 1. The largest absolute Gasteiger partial charge is 0.508 e. The van der Waals surface area contributed by atoms with Crippen molar-refractivity contribution in [1.29, 1.82) is 5.26 Å². The number of methoxy groups -OCH3 is 1. The average Bonchev–Trinajstić information content (AvgIpc) is 2.93. The Labute approximate surface area is 248 Å². The summed E-state index contributed by atoms with van der Waals surface area (Å²) in [5.41, 5.74) is 2.36. The minimum atomic E-state index is -1.41. The lowest BCUT2D eigenvalue weighted by Gasteiger charge is -2.27. The van der Waals surface area contributed by atoms with Crippen LogP contribution in [0.5, 0.6) is 5.75 Å². The second-order valence-electron chi connectivity index (χ2n) is 9.69. The number of carbonyl (C=O) groups is 2. The number of fused-ring (bicyclic) bond motifs is 1. The van der Waals surface area contributed by atoms with Gasteiger partial charge < -0.3 is 30.7 Å². The molecule has 2 aromatic rings. The number of aliphatic imine (C=N–C) groups is 1. The molecule has 0 fully saturated rings. The summed E-state index contributed by atoms with van der Waals surface area (Å²) in [6.07, 6.45) is 4.35. The number of aliphatic hydroxyl groups is 1. The van der Waals surface area contributed by atoms with Gasteiger partial charge in [-0.05, 0) is 72.9 Å². The standard InChI is InChI=1S/C28H33Cl2N5O6/c1-41-10-9-32-28(34-15-31)33-14-22(27(39)40)35-26(38)24-21(29)13-18-11-16(5-7-20(18)25(24)30)6-8-23(37)17-3-2-4-19(36)12-17/h2-4,12-13,16,22-23,36-37H,5-11,14H2,1H3,(H,35,38)(H,39,40)(H2,32,33,34)/t16?,22-,23?/m0/s1. The molecule has 3 atom stereocenters. The summed E-state index contributed by atoms with van der Waals surface area (Å²) >= 11 is 13.1. The molecule has 0 saturated heterocycles. The maximum Gasteiger partial charge on any atom is 0.328 e. The predicted molar refractivity (Wildman–Crippen MR) is 154 cm³/mol. The molecule has 6 N–H and O–H groups in total. The normalized spacial score (nSPS) is 16.2. The lowest BCUT2D eigenvalue weighted by atomic mass is 9.80. The molecule has 0 radical (unpaired) electrons. The van der Waals surface area contributed by atoms with Crippen LogP contribution in [0.4, 0.5) is 0 Å². The number of nitrogens with one attached hydrogen (secondary N) is 3. The zero-order valence-corrected chi connectivity index (χ0v) is 24.0. The molecule has 220 valence electrons. The molecule has 0 spiro atoms. The summed E-state index contributed by atoms with van der Waals surface area (Å²) < 4.78 is 4.92. The Morgan fingerprint density at radius 2 is 2.07 bits per heavy atom. The van der Waals surface area contributed by atoms with E-state index in [1.807, 2.05) is 0 Å². The predicted octanol–water partition coefficient (Wildman–Crippen LogP) is 3.16. The summed E-state index contributed by atoms with van der Waals surface area (Å²) in [5.74, 6) is -1.65. The molecule has 1 aliphatic carbocycles. The minimum Gasteiger partial charge on any atom is -0.508 e. The smallest absolute Gasteiger partial charge is 0.328 e. The lowest BCUT2D eigenvalue weighted by molar-refractivity contribution is -0.138. The molecule has 0 saturated carbocycles. The quantitative estimate of drug-likeness (QED) is 0.0697. The number of aromatic hydroxyl groups is 1. The van der Waals surface area contributed by atoms with Crippen LogP contribution < -0.4 is 16.0 Å². The van der Waals surface area contributed by atoms with Gasteiger partial charge in [0.1, 0.15) is 11.8 Å². The Kier molecular flexibility index (Phi) is 12.0. The third kappa shape index (κ3) is 8.96. The number of hydrogen-bond donors (Lipinski definition) is 6. The number of rotatable bonds is 12. The molecule has 0 aliphatic heterocycles. The van der Waals surface area contributed by atoms with Crippen molar-refractivity contribution < 1.29 is 29.6 Å². The van der Waals surface area contributed by atoms with Crippen LogP contribution in [0.15, 0.2) is 35.3 Å². The van der Waals surface area contributed by atoms with Gasteiger partial charge in [0.05, 0.1) is 34.9 Å². The average molecular weight is 607 g/mol. The molecule has 0 aromatic heterocycles. The monoisotopic (exact) mass is 605 g/mol. The molecule has 1 amide bonds. The third-order valence-corrected chi connectivity index (χ3v) is 7.58. The van der Waals surface area contributed by atoms with Gasteiger partial charge in [0, 0.05) is 13.7 Å². The molecule has 0 bridgehead atoms. The number of nitrogens with zero attached hydrogens (tertiary/aromatic N) is 2. The molecule has 0 heterocycles. The highest BCUT2D eigenvalue weighted by Gasteiger charge is 2.29. The highest BCUT2D eigenvalue weighted by molar-refractivity contribution is 6.40. The van der Waals surface area contributed by atoms with Crippen molar-refractivity contribution in [3.8, 4) is 11.9 Å². The Morgan fingerprint density at radius 3 is 2.76 bits per heavy atom. The van der Waals surface area contributed by atoms with E-state index < -0.39 is 24.0 Å². The van der Waals surface area contributed by atoms with E-state index in [1.54, 1.807) is 36.5 Å². The van der Waals surface area contributed by atoms with E-state index in [1.165, 1.54) is 7.11 Å². The van der Waals surface area contributed by atoms with Crippen LogP contribution in [-0.4, -0.2) is 66.0 Å². The SMILES string of the molecule is COCCNC(=NC[C@H](NC(=O)c1c(Cl)cc2c(c1Cl)CCC(CCC(O)c1cccc(O)c1)C2)C(=O)O)NC#N. The van der Waals surface area contributed by atoms with Crippen LogP contribution in [0.1, 0.15) is 52.4 Å². The van der Waals surface area contributed by atoms with Gasteiger partial charge in [0.25, 0.3) is 5.91 Å². The topological polar surface area (TPSA) is 176 Å². The van der Waals surface area contributed by atoms with Crippen molar-refractivity contribution in [3.05, 3.63) is 62.6 Å². The number of carbonyl (C=O) groups excluding carboxylic acids is 1. The first-order valence-electron chi connectivity index (χ1n) is 13.1. The number of phenolic OH excluding ortho intramolecular Hbond substituents is 1. The van der Waals surface area contributed by atoms with Crippen molar-refractivity contribution >= 4 is 41.0 Å². The first-order chi connectivity index (χ1) is 19.6. The Morgan fingerprint density at radius 1 is 1.29 bits per heavy atom. The fourth-order valence-electron chi connectivity index (χ4n) is 4.73. The maximum absolute atomic E-state index is 13.1. The second-order valence-corrected chi connectivity index (χ2v) is 10.5. The summed E-state index contributed by atoms with van der Waals surface area (Å²) in [7, 11) is 1.51. The van der Waals surface area contributed by atoms with Gasteiger partial charge in [-0.2, -0.15) is 5.26 Å². The van der Waals surface area contributed by atoms with Crippen LogP contribution in [0.2, 0.25) is 10.0 Å². The first-order valence-corrected chi connectivity index (χ1v) is 13.8. The minimum absolute atomic E-state index is 0.00587. The Balaban J connectivity index is 1.67. The van der Waals surface area contributed by atoms with Gasteiger partial charge in [-0.25, -0.2) is 9.79 Å². The van der Waals surface area contributed by atoms with Crippen molar-refractivity contribution in [2.45, 2.75) is 44.2 Å². The van der Waals surface area contributed by atoms with Gasteiger partial charge in [0.2, 0.25) is 5.96 Å². The van der Waals surface area contributed by atoms with Crippen molar-refractivity contribution in [1.82, 2.24) is 16.0 Å². The molecular formula is C28H33Cl2N5O6. The number of phenols is 1. The third-order valence-electron chi connectivity index (χ3n) is 6.86. The van der Waals surface area contributed by atoms with Gasteiger partial charge >= 0.3 is 5.97 Å². The molecule has 11 nitrogen and oxygen atoms in total. The maximum atomic E-state index is 13.1. The molecule has 2 unspecified atom stereocenters. The fourth-order valence-corrected chi connectivity index (χ4v) is 5.50. The van der Waals surface area contributed by atoms with Crippen LogP contribution in [0.25, 0.3) is 0 Å². The highest BCUT2D eigenvalue weighted by atomic mass is 35.5. The number of carboxylic acids is 1. The van der Waals surface area contributed by atoms with Gasteiger partial charge in [-0.15, -0.1) is 0 Å². The van der Waals surface area contributed by atoms with Gasteiger partial charge in [-0.1, -0.05) is 35.3 Å². The number of amides is 1. The summed E-state index contributed by atoms with van der Waals surface area (Å²) in [4.78, 5) is 29.0. The van der Waals surface area contributed by atoms with E-state index in [2.05, 4.69) is 20.9 Å². The van der Waals surface area contributed by atoms with Crippen molar-refractivity contribution in [2.24, 2.45) is 10.9 Å². The number of guanidine groups is 1. The van der Waals surface area contributed by atoms with E-state index >= 15 is 0 Å². The van der Waals surface area contributed by atoms with Crippen molar-refractivity contribution in [3.63, 3.8) is 0 Å². The van der Waals surface area contributed by atoms with Crippen LogP contribution in [-0.2, 0) is 22.4 Å². The second kappa shape index (κ2) is 15.4. The number of aliphatic hydroxyl groups excluding tert-OH is 1. The number of benzene rings is 2. The van der Waals surface area contributed by atoms with Gasteiger partial charge in [0.15, 0.2) is 6.19 Å². The highest BCUT2D eigenvalue weighted by Crippen LogP contribution is 2.39. The Hall–Kier alpha value is -3.56. The van der Waals surface area contributed by atoms with E-state index in [9.17, 15) is 24.9 Å². The summed E-state index contributed by atoms with van der Waals surface area (Å²) in [5, 5.41) is 46.6. The van der Waals surface area contributed by atoms with E-state index in [4.69, 9.17) is 33.2 Å². The molecule has 2 aromatic carbocycles. The molecule has 41 heavy (non-hydrogen) atoms. The summed E-state index contributed by atoms with van der Waals surface area (Å²) in [6.45, 7) is 0.303. The number of hydrogen-bond acceptors (Lipinski definition) is 7. The van der Waals surface area contributed by atoms with E-state index in [0.717, 1.165) is 24.0 Å². The van der Waals surface area contributed by atoms with E-state index in [-0.39, 0.29) is 39.8 Å². The zero-order valence-electron chi connectivity index (χ0n) is 22.5. The lowest BCUT2D eigenvalue weighted by Crippen LogP contribution is -2.44. The van der Waals surface area contributed by atoms with Crippen LogP contribution >= 0.6 is 23.2 Å². The van der Waals surface area contributed by atoms with Crippen LogP contribution in [0, 0.1) is 17.4 Å². The molecule has 3 rings (SSSR count). The molecular weight excluding hydrogens is 573 g/mol. The number of nitriles is 1. The van der Waals surface area contributed by atoms with E-state index in [0.29, 0.717) is 38.0 Å². The molecule has 13 heteroatoms. The van der Waals surface area contributed by atoms with Crippen LogP contribution in [0.3, 0.4) is 0 Å². The zero-order chi connectivity index (χ0) is 29.9.